The van der Waals surface area contributed by atoms with Crippen molar-refractivity contribution >= 4 is 16.0 Å². The highest BCUT2D eigenvalue weighted by atomic mass is 32.2. The zero-order valence-electron chi connectivity index (χ0n) is 15.7. The number of ether oxygens (including phenoxy) is 2. The molecule has 1 heterocycles. The minimum atomic E-state index is -3.54. The molecule has 1 aliphatic heterocycles. The standard InChI is InChI=1S/C18H27NO6S/c1-5-24-13-8-9-16-14(11-13)15(12-18(2,3)25-16)19(26(4,22)23)10-6-7-17(20)21/h8-9,11,15H,5-7,10,12H2,1-4H3,(H,20,21). The monoisotopic (exact) mass is 385 g/mol. The van der Waals surface area contributed by atoms with Gasteiger partial charge in [0.25, 0.3) is 0 Å². The van der Waals surface area contributed by atoms with Crippen molar-refractivity contribution in [3.8, 4) is 11.5 Å². The summed E-state index contributed by atoms with van der Waals surface area (Å²) in [4.78, 5) is 10.8. The van der Waals surface area contributed by atoms with Crippen molar-refractivity contribution in [1.29, 1.82) is 0 Å². The number of hydrogen-bond donors (Lipinski definition) is 1. The lowest BCUT2D eigenvalue weighted by molar-refractivity contribution is -0.137. The number of carboxylic acid groups (broad SMARTS) is 1. The van der Waals surface area contributed by atoms with Crippen LogP contribution in [0, 0.1) is 0 Å². The highest BCUT2D eigenvalue weighted by Crippen LogP contribution is 2.44. The lowest BCUT2D eigenvalue weighted by atomic mass is 9.89. The van der Waals surface area contributed by atoms with Crippen LogP contribution in [0.2, 0.25) is 0 Å². The van der Waals surface area contributed by atoms with Crippen molar-refractivity contribution in [3.63, 3.8) is 0 Å². The summed E-state index contributed by atoms with van der Waals surface area (Å²) in [6.07, 6.45) is 1.79. The molecule has 1 aromatic carbocycles. The average molecular weight is 385 g/mol. The number of aliphatic carboxylic acids is 1. The van der Waals surface area contributed by atoms with Crippen molar-refractivity contribution in [2.45, 2.75) is 51.7 Å². The smallest absolute Gasteiger partial charge is 0.303 e. The Morgan fingerprint density at radius 2 is 2.12 bits per heavy atom. The van der Waals surface area contributed by atoms with Crippen molar-refractivity contribution in [1.82, 2.24) is 4.31 Å². The summed E-state index contributed by atoms with van der Waals surface area (Å²) in [7, 11) is -3.54. The van der Waals surface area contributed by atoms with Crippen molar-refractivity contribution < 1.29 is 27.8 Å². The van der Waals surface area contributed by atoms with Crippen LogP contribution in [-0.2, 0) is 14.8 Å². The maximum Gasteiger partial charge on any atom is 0.303 e. The first kappa shape index (κ1) is 20.5. The largest absolute Gasteiger partial charge is 0.494 e. The molecule has 7 nitrogen and oxygen atoms in total. The Morgan fingerprint density at radius 3 is 2.69 bits per heavy atom. The van der Waals surface area contributed by atoms with E-state index in [4.69, 9.17) is 14.6 Å². The van der Waals surface area contributed by atoms with Gasteiger partial charge in [0.15, 0.2) is 0 Å². The van der Waals surface area contributed by atoms with E-state index in [2.05, 4.69) is 0 Å². The highest BCUT2D eigenvalue weighted by molar-refractivity contribution is 7.88. The fourth-order valence-electron chi connectivity index (χ4n) is 3.25. The van der Waals surface area contributed by atoms with Crippen LogP contribution < -0.4 is 9.47 Å². The van der Waals surface area contributed by atoms with Gasteiger partial charge in [-0.15, -0.1) is 0 Å². The van der Waals surface area contributed by atoms with E-state index >= 15 is 0 Å². The van der Waals surface area contributed by atoms with E-state index in [1.165, 1.54) is 4.31 Å². The number of benzene rings is 1. The van der Waals surface area contributed by atoms with E-state index in [9.17, 15) is 13.2 Å². The fraction of sp³-hybridized carbons (Fsp3) is 0.611. The van der Waals surface area contributed by atoms with Crippen LogP contribution in [-0.4, -0.2) is 48.8 Å². The van der Waals surface area contributed by atoms with E-state index in [0.717, 1.165) is 11.8 Å². The number of hydrogen-bond acceptors (Lipinski definition) is 5. The zero-order chi connectivity index (χ0) is 19.5. The van der Waals surface area contributed by atoms with E-state index in [1.54, 1.807) is 12.1 Å². The van der Waals surface area contributed by atoms with Gasteiger partial charge in [-0.1, -0.05) is 0 Å². The Morgan fingerprint density at radius 1 is 1.42 bits per heavy atom. The van der Waals surface area contributed by atoms with Crippen LogP contribution in [0.5, 0.6) is 11.5 Å². The quantitative estimate of drug-likeness (QED) is 0.740. The summed E-state index contributed by atoms with van der Waals surface area (Å²) in [6, 6.07) is 4.98. The molecule has 1 aliphatic rings. The molecule has 8 heteroatoms. The molecule has 0 amide bonds. The molecule has 0 saturated carbocycles. The predicted molar refractivity (Wildman–Crippen MR) is 98.1 cm³/mol. The molecule has 0 aromatic heterocycles. The van der Waals surface area contributed by atoms with E-state index in [0.29, 0.717) is 24.5 Å². The molecule has 0 saturated heterocycles. The van der Waals surface area contributed by atoms with Gasteiger partial charge >= 0.3 is 5.97 Å². The molecule has 1 aromatic rings. The molecule has 0 spiro atoms. The van der Waals surface area contributed by atoms with Crippen LogP contribution in [0.1, 0.15) is 51.6 Å². The lowest BCUT2D eigenvalue weighted by Crippen LogP contribution is -2.43. The third-order valence-corrected chi connectivity index (χ3v) is 5.55. The van der Waals surface area contributed by atoms with Gasteiger partial charge in [-0.2, -0.15) is 4.31 Å². The molecular weight excluding hydrogens is 358 g/mol. The second kappa shape index (κ2) is 7.84. The number of fused-ring (bicyclic) bond motifs is 1. The number of nitrogens with zero attached hydrogens (tertiary/aromatic N) is 1. The SMILES string of the molecule is CCOc1ccc2c(c1)C(N(CCCC(=O)O)S(C)(=O)=O)CC(C)(C)O2. The Bertz CT molecular complexity index is 759. The maximum atomic E-state index is 12.4. The van der Waals surface area contributed by atoms with Gasteiger partial charge in [0.1, 0.15) is 17.1 Å². The number of sulfonamides is 1. The van der Waals surface area contributed by atoms with Crippen molar-refractivity contribution in [3.05, 3.63) is 23.8 Å². The molecule has 1 atom stereocenters. The van der Waals surface area contributed by atoms with E-state index < -0.39 is 27.6 Å². The van der Waals surface area contributed by atoms with Crippen LogP contribution in [0.15, 0.2) is 18.2 Å². The van der Waals surface area contributed by atoms with Gasteiger partial charge in [0, 0.05) is 24.9 Å². The highest BCUT2D eigenvalue weighted by Gasteiger charge is 2.40. The Labute approximate surface area is 155 Å². The number of carbonyl (C=O) groups is 1. The van der Waals surface area contributed by atoms with Gasteiger partial charge in [-0.3, -0.25) is 4.79 Å². The van der Waals surface area contributed by atoms with Gasteiger partial charge < -0.3 is 14.6 Å². The van der Waals surface area contributed by atoms with Crippen LogP contribution in [0.25, 0.3) is 0 Å². The van der Waals surface area contributed by atoms with Gasteiger partial charge in [0.2, 0.25) is 10.0 Å². The summed E-state index contributed by atoms with van der Waals surface area (Å²) in [5.74, 6) is 0.338. The minimum Gasteiger partial charge on any atom is -0.494 e. The van der Waals surface area contributed by atoms with E-state index in [-0.39, 0.29) is 19.4 Å². The third-order valence-electron chi connectivity index (χ3n) is 4.27. The molecule has 1 N–H and O–H groups in total. The summed E-state index contributed by atoms with van der Waals surface area (Å²) < 4.78 is 37.8. The average Bonchev–Trinajstić information content (AvgIpc) is 2.49. The van der Waals surface area contributed by atoms with Crippen molar-refractivity contribution in [2.75, 3.05) is 19.4 Å². The molecule has 26 heavy (non-hydrogen) atoms. The summed E-state index contributed by atoms with van der Waals surface area (Å²) in [5, 5.41) is 8.87. The number of carboxylic acids is 1. The van der Waals surface area contributed by atoms with Gasteiger partial charge in [-0.25, -0.2) is 8.42 Å². The number of rotatable bonds is 8. The normalized spacial score (nSPS) is 18.9. The first-order valence-corrected chi connectivity index (χ1v) is 10.5. The van der Waals surface area contributed by atoms with Crippen molar-refractivity contribution in [2.24, 2.45) is 0 Å². The first-order valence-electron chi connectivity index (χ1n) is 8.68. The Balaban J connectivity index is 2.43. The van der Waals surface area contributed by atoms with Crippen LogP contribution in [0.3, 0.4) is 0 Å². The fourth-order valence-corrected chi connectivity index (χ4v) is 4.36. The topological polar surface area (TPSA) is 93.1 Å². The molecule has 1 unspecified atom stereocenters. The summed E-state index contributed by atoms with van der Waals surface area (Å²) >= 11 is 0. The lowest BCUT2D eigenvalue weighted by Gasteiger charge is -2.41. The molecule has 2 rings (SSSR count). The predicted octanol–water partition coefficient (Wildman–Crippen LogP) is 2.81. The third kappa shape index (κ3) is 5.11. The summed E-state index contributed by atoms with van der Waals surface area (Å²) in [6.45, 7) is 6.36. The molecule has 146 valence electrons. The first-order chi connectivity index (χ1) is 12.0. The molecule has 0 radical (unpaired) electrons. The summed E-state index contributed by atoms with van der Waals surface area (Å²) in [5.41, 5.74) is 0.205. The van der Waals surface area contributed by atoms with Gasteiger partial charge in [0.05, 0.1) is 18.9 Å². The van der Waals surface area contributed by atoms with E-state index in [1.807, 2.05) is 26.8 Å². The molecule has 0 bridgehead atoms. The van der Waals surface area contributed by atoms with Gasteiger partial charge in [-0.05, 0) is 45.4 Å². The minimum absolute atomic E-state index is 0.0789. The second-order valence-corrected chi connectivity index (χ2v) is 9.02. The maximum absolute atomic E-state index is 12.4. The zero-order valence-corrected chi connectivity index (χ0v) is 16.5. The Kier molecular flexibility index (Phi) is 6.18. The van der Waals surface area contributed by atoms with Crippen LogP contribution in [0.4, 0.5) is 0 Å². The van der Waals surface area contributed by atoms with Crippen LogP contribution >= 0.6 is 0 Å². The molecular formula is C18H27NO6S. The molecule has 0 fully saturated rings. The Hall–Kier alpha value is -1.80. The second-order valence-electron chi connectivity index (χ2n) is 7.09. The molecule has 0 aliphatic carbocycles.